The van der Waals surface area contributed by atoms with Crippen molar-refractivity contribution < 1.29 is 9.59 Å². The lowest BCUT2D eigenvalue weighted by Gasteiger charge is -2.31. The summed E-state index contributed by atoms with van der Waals surface area (Å²) >= 11 is 2.92. The van der Waals surface area contributed by atoms with Gasteiger partial charge < -0.3 is 4.90 Å². The fraction of sp³-hybridized carbons (Fsp3) is 0.381. The van der Waals surface area contributed by atoms with Gasteiger partial charge in [-0.05, 0) is 33.6 Å². The van der Waals surface area contributed by atoms with Crippen LogP contribution in [0.4, 0.5) is 5.13 Å². The van der Waals surface area contributed by atoms with Crippen LogP contribution in [0.1, 0.15) is 61.0 Å². The Bertz CT molecular complexity index is 1350. The summed E-state index contributed by atoms with van der Waals surface area (Å²) in [4.78, 5) is 37.1. The molecular formula is C21H22N8O2S2. The largest absolute Gasteiger partial charge is 0.337 e. The Labute approximate surface area is 197 Å². The van der Waals surface area contributed by atoms with Crippen molar-refractivity contribution in [3.8, 4) is 0 Å². The number of nitrogens with zero attached hydrogens (tertiary/aromatic N) is 7. The molecule has 4 aromatic rings. The van der Waals surface area contributed by atoms with Gasteiger partial charge in [-0.3, -0.25) is 14.9 Å². The minimum atomic E-state index is -0.252. The minimum Gasteiger partial charge on any atom is -0.337 e. The molecule has 1 N–H and O–H groups in total. The fourth-order valence-corrected chi connectivity index (χ4v) is 5.54. The van der Waals surface area contributed by atoms with Gasteiger partial charge in [-0.25, -0.2) is 14.5 Å². The summed E-state index contributed by atoms with van der Waals surface area (Å²) in [7, 11) is 0. The van der Waals surface area contributed by atoms with Crippen LogP contribution in [0.15, 0.2) is 17.6 Å². The first-order valence-corrected chi connectivity index (χ1v) is 12.3. The number of piperidine rings is 1. The van der Waals surface area contributed by atoms with Crippen molar-refractivity contribution in [2.24, 2.45) is 0 Å². The second-order valence-electron chi connectivity index (χ2n) is 8.06. The van der Waals surface area contributed by atoms with Crippen LogP contribution in [0.2, 0.25) is 0 Å². The molecule has 1 aliphatic heterocycles. The summed E-state index contributed by atoms with van der Waals surface area (Å²) in [5, 5.41) is 18.8. The Morgan fingerprint density at radius 3 is 2.67 bits per heavy atom. The van der Waals surface area contributed by atoms with E-state index in [0.29, 0.717) is 41.0 Å². The number of carbonyl (C=O) groups excluding carboxylic acids is 2. The van der Waals surface area contributed by atoms with Gasteiger partial charge in [0.25, 0.3) is 11.8 Å². The first-order chi connectivity index (χ1) is 15.9. The molecule has 0 radical (unpaired) electrons. The first-order valence-electron chi connectivity index (χ1n) is 10.6. The Hall–Kier alpha value is -3.25. The number of nitrogens with one attached hydrogen (secondary N) is 1. The van der Waals surface area contributed by atoms with E-state index in [2.05, 4.69) is 30.6 Å². The molecule has 12 heteroatoms. The zero-order chi connectivity index (χ0) is 23.1. The molecule has 0 atom stereocenters. The van der Waals surface area contributed by atoms with Gasteiger partial charge >= 0.3 is 0 Å². The van der Waals surface area contributed by atoms with E-state index >= 15 is 0 Å². The van der Waals surface area contributed by atoms with E-state index in [0.717, 1.165) is 28.4 Å². The molecule has 5 heterocycles. The molecule has 10 nitrogen and oxygen atoms in total. The number of aryl methyl sites for hydroxylation is 3. The van der Waals surface area contributed by atoms with Crippen LogP contribution >= 0.6 is 22.7 Å². The maximum atomic E-state index is 13.1. The van der Waals surface area contributed by atoms with Gasteiger partial charge in [0.05, 0.1) is 16.4 Å². The monoisotopic (exact) mass is 482 g/mol. The standard InChI is InChI=1S/C21H22N8O2S2/c1-11-8-16-25-26-17(13(3)29(16)27-11)20(31)28-6-4-14(5-7-28)19-23-15(10-32-19)18(30)24-21-22-9-12(2)33-21/h8-10,14H,4-7H2,1-3H3,(H,22,24,30). The molecule has 1 saturated heterocycles. The summed E-state index contributed by atoms with van der Waals surface area (Å²) < 4.78 is 1.66. The molecule has 0 spiro atoms. The number of hydrogen-bond donors (Lipinski definition) is 1. The predicted octanol–water partition coefficient (Wildman–Crippen LogP) is 3.23. The zero-order valence-electron chi connectivity index (χ0n) is 18.4. The number of carbonyl (C=O) groups is 2. The molecule has 0 bridgehead atoms. The van der Waals surface area contributed by atoms with Crippen LogP contribution in [0.5, 0.6) is 0 Å². The number of fused-ring (bicyclic) bond motifs is 1. The van der Waals surface area contributed by atoms with Crippen LogP contribution in [0, 0.1) is 20.8 Å². The van der Waals surface area contributed by atoms with Crippen molar-refractivity contribution in [3.63, 3.8) is 0 Å². The maximum Gasteiger partial charge on any atom is 0.276 e. The van der Waals surface area contributed by atoms with Gasteiger partial charge in [-0.1, -0.05) is 0 Å². The molecule has 4 aromatic heterocycles. The van der Waals surface area contributed by atoms with Crippen LogP contribution in [-0.4, -0.2) is 59.6 Å². The summed E-state index contributed by atoms with van der Waals surface area (Å²) in [6.45, 7) is 6.85. The highest BCUT2D eigenvalue weighted by Crippen LogP contribution is 2.31. The lowest BCUT2D eigenvalue weighted by molar-refractivity contribution is 0.0704. The van der Waals surface area contributed by atoms with Crippen LogP contribution in [-0.2, 0) is 0 Å². The van der Waals surface area contributed by atoms with Crippen molar-refractivity contribution in [1.82, 2.24) is 34.7 Å². The first kappa shape index (κ1) is 21.6. The number of likely N-dealkylation sites (tertiary alicyclic amines) is 1. The lowest BCUT2D eigenvalue weighted by atomic mass is 9.97. The fourth-order valence-electron chi connectivity index (χ4n) is 3.91. The van der Waals surface area contributed by atoms with E-state index in [-0.39, 0.29) is 17.7 Å². The van der Waals surface area contributed by atoms with Crippen molar-refractivity contribution in [1.29, 1.82) is 0 Å². The van der Waals surface area contributed by atoms with Gasteiger partial charge in [0, 0.05) is 41.5 Å². The summed E-state index contributed by atoms with van der Waals surface area (Å²) in [5.74, 6) is -0.171. The molecule has 0 aliphatic carbocycles. The summed E-state index contributed by atoms with van der Waals surface area (Å²) in [6.07, 6.45) is 3.28. The van der Waals surface area contributed by atoms with Crippen LogP contribution in [0.3, 0.4) is 0 Å². The molecule has 0 aromatic carbocycles. The average Bonchev–Trinajstić information content (AvgIpc) is 3.53. The molecule has 0 unspecified atom stereocenters. The SMILES string of the molecule is Cc1cc2nnc(C(=O)N3CCC(c4nc(C(=O)Nc5ncc(C)s5)cs4)CC3)c(C)n2n1. The Morgan fingerprint density at radius 2 is 1.94 bits per heavy atom. The number of aromatic nitrogens is 6. The molecule has 0 saturated carbocycles. The maximum absolute atomic E-state index is 13.1. The van der Waals surface area contributed by atoms with Gasteiger partial charge in [-0.15, -0.1) is 32.9 Å². The van der Waals surface area contributed by atoms with Crippen molar-refractivity contribution >= 4 is 45.3 Å². The number of hydrogen-bond acceptors (Lipinski definition) is 9. The Morgan fingerprint density at radius 1 is 1.15 bits per heavy atom. The van der Waals surface area contributed by atoms with E-state index in [9.17, 15) is 9.59 Å². The average molecular weight is 483 g/mol. The number of anilines is 1. The number of amides is 2. The van der Waals surface area contributed by atoms with Crippen molar-refractivity contribution in [2.75, 3.05) is 18.4 Å². The number of thiazole rings is 2. The zero-order valence-corrected chi connectivity index (χ0v) is 20.0. The van der Waals surface area contributed by atoms with Gasteiger partial charge in [0.1, 0.15) is 5.69 Å². The third-order valence-corrected chi connectivity index (χ3v) is 7.49. The molecule has 1 aliphatic rings. The van der Waals surface area contributed by atoms with E-state index in [1.165, 1.54) is 22.7 Å². The Kier molecular flexibility index (Phi) is 5.62. The summed E-state index contributed by atoms with van der Waals surface area (Å²) in [6, 6.07) is 1.83. The number of rotatable bonds is 4. The van der Waals surface area contributed by atoms with Crippen LogP contribution < -0.4 is 5.32 Å². The topological polar surface area (TPSA) is 118 Å². The van der Waals surface area contributed by atoms with Gasteiger partial charge in [-0.2, -0.15) is 5.10 Å². The second-order valence-corrected chi connectivity index (χ2v) is 10.2. The highest BCUT2D eigenvalue weighted by molar-refractivity contribution is 7.15. The lowest BCUT2D eigenvalue weighted by Crippen LogP contribution is -2.39. The molecule has 170 valence electrons. The predicted molar refractivity (Wildman–Crippen MR) is 125 cm³/mol. The van der Waals surface area contributed by atoms with E-state index in [1.54, 1.807) is 16.1 Å². The van der Waals surface area contributed by atoms with Crippen molar-refractivity contribution in [2.45, 2.75) is 39.5 Å². The highest BCUT2D eigenvalue weighted by Gasteiger charge is 2.29. The molecule has 2 amide bonds. The van der Waals surface area contributed by atoms with Crippen molar-refractivity contribution in [3.05, 3.63) is 50.3 Å². The summed E-state index contributed by atoms with van der Waals surface area (Å²) in [5.41, 5.74) is 2.88. The third kappa shape index (κ3) is 4.23. The normalized spacial score (nSPS) is 14.7. The smallest absolute Gasteiger partial charge is 0.276 e. The van der Waals surface area contributed by atoms with Crippen LogP contribution in [0.25, 0.3) is 5.65 Å². The molecule has 33 heavy (non-hydrogen) atoms. The quantitative estimate of drug-likeness (QED) is 0.474. The van der Waals surface area contributed by atoms with E-state index in [1.807, 2.05) is 31.7 Å². The van der Waals surface area contributed by atoms with Gasteiger partial charge in [0.15, 0.2) is 16.5 Å². The van der Waals surface area contributed by atoms with Gasteiger partial charge in [0.2, 0.25) is 0 Å². The van der Waals surface area contributed by atoms with E-state index in [4.69, 9.17) is 0 Å². The Balaban J connectivity index is 1.23. The second kappa shape index (κ2) is 8.60. The molecule has 1 fully saturated rings. The molecule has 5 rings (SSSR count). The highest BCUT2D eigenvalue weighted by atomic mass is 32.1. The van der Waals surface area contributed by atoms with E-state index < -0.39 is 0 Å². The molecular weight excluding hydrogens is 460 g/mol. The third-order valence-electron chi connectivity index (χ3n) is 5.66. The minimum absolute atomic E-state index is 0.133.